The SMILES string of the molecule is Cc1ccc(S(=O)(=O)NCC(=O)OCC(=O)Nc2c(F)cccc2F)cc1C. The highest BCUT2D eigenvalue weighted by atomic mass is 32.2. The molecule has 2 aromatic rings. The third-order valence-corrected chi connectivity index (χ3v) is 5.19. The number of sulfonamides is 1. The van der Waals surface area contributed by atoms with Gasteiger partial charge in [0.05, 0.1) is 4.90 Å². The molecule has 1 amide bonds. The summed E-state index contributed by atoms with van der Waals surface area (Å²) >= 11 is 0. The number of hydrogen-bond acceptors (Lipinski definition) is 5. The lowest BCUT2D eigenvalue weighted by Gasteiger charge is -2.10. The first-order valence-corrected chi connectivity index (χ1v) is 9.55. The summed E-state index contributed by atoms with van der Waals surface area (Å²) in [5.41, 5.74) is 1.01. The van der Waals surface area contributed by atoms with Crippen molar-refractivity contribution in [1.82, 2.24) is 4.72 Å². The molecule has 0 spiro atoms. The van der Waals surface area contributed by atoms with Gasteiger partial charge < -0.3 is 10.1 Å². The van der Waals surface area contributed by atoms with E-state index in [4.69, 9.17) is 0 Å². The largest absolute Gasteiger partial charge is 0.455 e. The van der Waals surface area contributed by atoms with Crippen molar-refractivity contribution in [3.05, 3.63) is 59.2 Å². The maximum atomic E-state index is 13.4. The summed E-state index contributed by atoms with van der Waals surface area (Å²) < 4.78 is 57.9. The molecule has 0 aliphatic heterocycles. The number of carbonyl (C=O) groups is 2. The summed E-state index contributed by atoms with van der Waals surface area (Å²) in [6.45, 7) is 2.03. The van der Waals surface area contributed by atoms with E-state index in [9.17, 15) is 26.8 Å². The van der Waals surface area contributed by atoms with Crippen molar-refractivity contribution in [1.29, 1.82) is 0 Å². The molecular formula is C18H18F2N2O5S. The first kappa shape index (κ1) is 21.5. The number of benzene rings is 2. The highest BCUT2D eigenvalue weighted by Crippen LogP contribution is 2.17. The molecule has 2 rings (SSSR count). The molecule has 0 heterocycles. The van der Waals surface area contributed by atoms with Crippen molar-refractivity contribution in [2.75, 3.05) is 18.5 Å². The van der Waals surface area contributed by atoms with Crippen LogP contribution < -0.4 is 10.0 Å². The second-order valence-electron chi connectivity index (χ2n) is 5.88. The normalized spacial score (nSPS) is 11.1. The minimum Gasteiger partial charge on any atom is -0.455 e. The average Bonchev–Trinajstić information content (AvgIpc) is 2.63. The van der Waals surface area contributed by atoms with Gasteiger partial charge in [-0.05, 0) is 49.2 Å². The predicted octanol–water partition coefficient (Wildman–Crippen LogP) is 2.04. The Balaban J connectivity index is 1.86. The number of rotatable bonds is 7. The summed E-state index contributed by atoms with van der Waals surface area (Å²) in [7, 11) is -3.94. The summed E-state index contributed by atoms with van der Waals surface area (Å²) in [5.74, 6) is -3.98. The van der Waals surface area contributed by atoms with Crippen LogP contribution in [0.25, 0.3) is 0 Å². The maximum Gasteiger partial charge on any atom is 0.321 e. The van der Waals surface area contributed by atoms with Gasteiger partial charge in [0.15, 0.2) is 6.61 Å². The Labute approximate surface area is 160 Å². The quantitative estimate of drug-likeness (QED) is 0.678. The first-order valence-electron chi connectivity index (χ1n) is 8.06. The summed E-state index contributed by atoms with van der Waals surface area (Å²) in [4.78, 5) is 23.3. The molecule has 2 aromatic carbocycles. The van der Waals surface area contributed by atoms with Gasteiger partial charge in [-0.25, -0.2) is 17.2 Å². The van der Waals surface area contributed by atoms with Crippen molar-refractivity contribution in [3.63, 3.8) is 0 Å². The lowest BCUT2D eigenvalue weighted by atomic mass is 10.1. The van der Waals surface area contributed by atoms with Crippen LogP contribution in [-0.4, -0.2) is 33.4 Å². The fraction of sp³-hybridized carbons (Fsp3) is 0.222. The Morgan fingerprint density at radius 1 is 1.04 bits per heavy atom. The number of halogens is 2. The minimum absolute atomic E-state index is 0.0174. The highest BCUT2D eigenvalue weighted by Gasteiger charge is 2.18. The van der Waals surface area contributed by atoms with Crippen LogP contribution in [0.1, 0.15) is 11.1 Å². The zero-order valence-electron chi connectivity index (χ0n) is 15.1. The zero-order valence-corrected chi connectivity index (χ0v) is 15.9. The average molecular weight is 412 g/mol. The van der Waals surface area contributed by atoms with Crippen molar-refractivity contribution < 1.29 is 31.5 Å². The van der Waals surface area contributed by atoms with Gasteiger partial charge in [0.25, 0.3) is 5.91 Å². The molecule has 10 heteroatoms. The van der Waals surface area contributed by atoms with Crippen molar-refractivity contribution >= 4 is 27.6 Å². The second-order valence-corrected chi connectivity index (χ2v) is 7.64. The lowest BCUT2D eigenvalue weighted by molar-refractivity contribution is -0.146. The number of nitrogens with one attached hydrogen (secondary N) is 2. The first-order chi connectivity index (χ1) is 13.1. The van der Waals surface area contributed by atoms with Gasteiger partial charge >= 0.3 is 5.97 Å². The molecule has 0 unspecified atom stereocenters. The fourth-order valence-corrected chi connectivity index (χ4v) is 3.16. The van der Waals surface area contributed by atoms with Crippen LogP contribution >= 0.6 is 0 Å². The lowest BCUT2D eigenvalue weighted by Crippen LogP contribution is -2.32. The topological polar surface area (TPSA) is 102 Å². The molecule has 0 aliphatic carbocycles. The number of aryl methyl sites for hydroxylation is 2. The number of carbonyl (C=O) groups excluding carboxylic acids is 2. The maximum absolute atomic E-state index is 13.4. The van der Waals surface area contributed by atoms with E-state index in [-0.39, 0.29) is 4.90 Å². The molecule has 7 nitrogen and oxygen atoms in total. The van der Waals surface area contributed by atoms with Crippen LogP contribution in [0.2, 0.25) is 0 Å². The van der Waals surface area contributed by atoms with Crippen molar-refractivity contribution in [2.24, 2.45) is 0 Å². The second kappa shape index (κ2) is 8.89. The van der Waals surface area contributed by atoms with E-state index >= 15 is 0 Å². The predicted molar refractivity (Wildman–Crippen MR) is 97.1 cm³/mol. The summed E-state index contributed by atoms with van der Waals surface area (Å²) in [5, 5.41) is 1.94. The summed E-state index contributed by atoms with van der Waals surface area (Å²) in [6.07, 6.45) is 0. The molecule has 0 saturated carbocycles. The van der Waals surface area contributed by atoms with E-state index in [0.29, 0.717) is 0 Å². The van der Waals surface area contributed by atoms with Crippen LogP contribution in [0.3, 0.4) is 0 Å². The third kappa shape index (κ3) is 5.57. The number of hydrogen-bond donors (Lipinski definition) is 2. The van der Waals surface area contributed by atoms with Gasteiger partial charge in [-0.2, -0.15) is 4.72 Å². The molecule has 0 bridgehead atoms. The smallest absolute Gasteiger partial charge is 0.321 e. The highest BCUT2D eigenvalue weighted by molar-refractivity contribution is 7.89. The Kier molecular flexibility index (Phi) is 6.81. The van der Waals surface area contributed by atoms with E-state index in [0.717, 1.165) is 29.3 Å². The standard InChI is InChI=1S/C18H18F2N2O5S/c1-11-6-7-13(8-12(11)2)28(25,26)21-9-17(24)27-10-16(23)22-18-14(19)4-3-5-15(18)20/h3-8,21H,9-10H2,1-2H3,(H,22,23). The van der Waals surface area contributed by atoms with Crippen molar-refractivity contribution in [2.45, 2.75) is 18.7 Å². The molecule has 0 saturated heterocycles. The van der Waals surface area contributed by atoms with Crippen LogP contribution in [-0.2, 0) is 24.3 Å². The molecule has 0 fully saturated rings. The van der Waals surface area contributed by atoms with Crippen LogP contribution in [0.15, 0.2) is 41.3 Å². The van der Waals surface area contributed by atoms with Gasteiger partial charge in [0.2, 0.25) is 10.0 Å². The van der Waals surface area contributed by atoms with E-state index in [1.807, 2.05) is 12.2 Å². The van der Waals surface area contributed by atoms with Crippen LogP contribution in [0.4, 0.5) is 14.5 Å². The number of amides is 1. The third-order valence-electron chi connectivity index (χ3n) is 3.79. The molecule has 0 radical (unpaired) electrons. The van der Waals surface area contributed by atoms with E-state index in [2.05, 4.69) is 9.46 Å². The molecular weight excluding hydrogens is 394 g/mol. The van der Waals surface area contributed by atoms with E-state index in [1.54, 1.807) is 13.0 Å². The monoisotopic (exact) mass is 412 g/mol. The van der Waals surface area contributed by atoms with Gasteiger partial charge in [-0.1, -0.05) is 12.1 Å². The van der Waals surface area contributed by atoms with Gasteiger partial charge in [-0.3, -0.25) is 9.59 Å². The van der Waals surface area contributed by atoms with Crippen LogP contribution in [0.5, 0.6) is 0 Å². The van der Waals surface area contributed by atoms with Gasteiger partial charge in [0.1, 0.15) is 23.9 Å². The molecule has 28 heavy (non-hydrogen) atoms. The van der Waals surface area contributed by atoms with Gasteiger partial charge in [0, 0.05) is 0 Å². The summed E-state index contributed by atoms with van der Waals surface area (Å²) in [6, 6.07) is 7.51. The van der Waals surface area contributed by atoms with E-state index < -0.39 is 52.4 Å². The zero-order chi connectivity index (χ0) is 20.9. The Morgan fingerprint density at radius 2 is 1.68 bits per heavy atom. The Bertz CT molecular complexity index is 989. The molecule has 0 atom stereocenters. The number of anilines is 1. The van der Waals surface area contributed by atoms with Crippen LogP contribution in [0, 0.1) is 25.5 Å². The van der Waals surface area contributed by atoms with E-state index in [1.165, 1.54) is 12.1 Å². The minimum atomic E-state index is -3.94. The van der Waals surface area contributed by atoms with Gasteiger partial charge in [-0.15, -0.1) is 0 Å². The molecule has 150 valence electrons. The molecule has 2 N–H and O–H groups in total. The Morgan fingerprint density at radius 3 is 2.29 bits per heavy atom. The van der Waals surface area contributed by atoms with Crippen molar-refractivity contribution in [3.8, 4) is 0 Å². The molecule has 0 aromatic heterocycles. The molecule has 0 aliphatic rings. The number of ether oxygens (including phenoxy) is 1. The number of para-hydroxylation sites is 1. The fourth-order valence-electron chi connectivity index (χ4n) is 2.11. The Hall–Kier alpha value is -2.85. The number of esters is 1.